The molecule has 0 amide bonds. The lowest BCUT2D eigenvalue weighted by molar-refractivity contribution is -0.391. The van der Waals surface area contributed by atoms with Crippen molar-refractivity contribution in [1.82, 2.24) is 10.1 Å². The summed E-state index contributed by atoms with van der Waals surface area (Å²) in [6.07, 6.45) is 0. The number of benzene rings is 1. The van der Waals surface area contributed by atoms with E-state index in [0.29, 0.717) is 18.3 Å². The van der Waals surface area contributed by atoms with Gasteiger partial charge in [-0.05, 0) is 12.1 Å². The highest BCUT2D eigenvalue weighted by Crippen LogP contribution is 2.26. The van der Waals surface area contributed by atoms with Crippen molar-refractivity contribution in [2.24, 2.45) is 0 Å². The highest BCUT2D eigenvalue weighted by Gasteiger charge is 2.12. The van der Waals surface area contributed by atoms with Crippen molar-refractivity contribution < 1.29 is 27.4 Å². The van der Waals surface area contributed by atoms with E-state index in [0.717, 1.165) is 11.3 Å². The highest BCUT2D eigenvalue weighted by molar-refractivity contribution is 5.63. The second-order valence-electron chi connectivity index (χ2n) is 2.96. The molecular formula is C10H12ClN3O2. The second-order valence-corrected chi connectivity index (χ2v) is 2.96. The third-order valence-corrected chi connectivity index (χ3v) is 2.03. The molecule has 5 nitrogen and oxygen atoms in total. The molecule has 2 aromatic rings. The number of hydrogen-bond acceptors (Lipinski definition) is 4. The Morgan fingerprint density at radius 3 is 2.75 bits per heavy atom. The summed E-state index contributed by atoms with van der Waals surface area (Å²) in [7, 11) is 1.61. The van der Waals surface area contributed by atoms with E-state index in [4.69, 9.17) is 9.26 Å². The lowest BCUT2D eigenvalue weighted by atomic mass is 10.2. The summed E-state index contributed by atoms with van der Waals surface area (Å²) in [4.78, 5) is 4.19. The third kappa shape index (κ3) is 2.32. The predicted octanol–water partition coefficient (Wildman–Crippen LogP) is -2.51. The van der Waals surface area contributed by atoms with Crippen LogP contribution in [-0.2, 0) is 6.54 Å². The largest absolute Gasteiger partial charge is 1.00 e. The summed E-state index contributed by atoms with van der Waals surface area (Å²) < 4.78 is 10.2. The molecule has 2 rings (SSSR count). The predicted molar refractivity (Wildman–Crippen MR) is 52.9 cm³/mol. The monoisotopic (exact) mass is 241 g/mol. The molecule has 1 aromatic carbocycles. The van der Waals surface area contributed by atoms with Gasteiger partial charge in [-0.25, -0.2) is 0 Å². The van der Waals surface area contributed by atoms with Gasteiger partial charge in [0, 0.05) is 0 Å². The minimum atomic E-state index is 0. The Hall–Kier alpha value is -1.59. The Labute approximate surface area is 99.0 Å². The van der Waals surface area contributed by atoms with E-state index in [2.05, 4.69) is 15.9 Å². The Morgan fingerprint density at radius 1 is 1.38 bits per heavy atom. The maximum atomic E-state index is 5.21. The first kappa shape index (κ1) is 12.5. The topological polar surface area (TPSA) is 75.8 Å². The van der Waals surface area contributed by atoms with Crippen LogP contribution in [0.1, 0.15) is 5.89 Å². The molecule has 0 atom stereocenters. The molecule has 0 aliphatic carbocycles. The maximum absolute atomic E-state index is 5.21. The zero-order valence-electron chi connectivity index (χ0n) is 8.81. The summed E-state index contributed by atoms with van der Waals surface area (Å²) in [5.41, 5.74) is 4.50. The van der Waals surface area contributed by atoms with Gasteiger partial charge < -0.3 is 27.4 Å². The molecule has 6 heteroatoms. The summed E-state index contributed by atoms with van der Waals surface area (Å²) in [5, 5.41) is 3.86. The van der Waals surface area contributed by atoms with Gasteiger partial charge in [-0.3, -0.25) is 0 Å². The third-order valence-electron chi connectivity index (χ3n) is 2.03. The van der Waals surface area contributed by atoms with E-state index in [1.807, 2.05) is 24.3 Å². The zero-order valence-corrected chi connectivity index (χ0v) is 9.57. The molecule has 0 fully saturated rings. The van der Waals surface area contributed by atoms with Crippen LogP contribution >= 0.6 is 0 Å². The fraction of sp³-hybridized carbons (Fsp3) is 0.200. The van der Waals surface area contributed by atoms with Gasteiger partial charge in [0.1, 0.15) is 5.75 Å². The molecule has 0 aliphatic heterocycles. The number of rotatable bonds is 3. The summed E-state index contributed by atoms with van der Waals surface area (Å²) >= 11 is 0. The maximum Gasteiger partial charge on any atom is 0.281 e. The molecular weight excluding hydrogens is 230 g/mol. The van der Waals surface area contributed by atoms with Gasteiger partial charge in [0.2, 0.25) is 5.82 Å². The summed E-state index contributed by atoms with van der Waals surface area (Å²) in [6, 6.07) is 7.54. The van der Waals surface area contributed by atoms with Crippen molar-refractivity contribution in [1.29, 1.82) is 0 Å². The molecule has 0 unspecified atom stereocenters. The molecule has 0 saturated heterocycles. The average molecular weight is 242 g/mol. The van der Waals surface area contributed by atoms with Gasteiger partial charge in [-0.2, -0.15) is 4.98 Å². The van der Waals surface area contributed by atoms with Crippen molar-refractivity contribution in [3.8, 4) is 17.1 Å². The van der Waals surface area contributed by atoms with Crippen LogP contribution in [0, 0.1) is 0 Å². The number of ether oxygens (including phenoxy) is 1. The van der Waals surface area contributed by atoms with Gasteiger partial charge >= 0.3 is 0 Å². The van der Waals surface area contributed by atoms with E-state index in [-0.39, 0.29) is 12.4 Å². The van der Waals surface area contributed by atoms with Crippen LogP contribution in [0.5, 0.6) is 5.75 Å². The fourth-order valence-corrected chi connectivity index (χ4v) is 1.30. The molecule has 0 saturated carbocycles. The average Bonchev–Trinajstić information content (AvgIpc) is 2.77. The Balaban J connectivity index is 0.00000128. The van der Waals surface area contributed by atoms with Gasteiger partial charge in [0.15, 0.2) is 6.54 Å². The highest BCUT2D eigenvalue weighted by atomic mass is 35.5. The lowest BCUT2D eigenvalue weighted by Crippen LogP contribution is -3.00. The van der Waals surface area contributed by atoms with Crippen LogP contribution in [0.4, 0.5) is 0 Å². The van der Waals surface area contributed by atoms with Crippen LogP contribution in [0.25, 0.3) is 11.4 Å². The Kier molecular flexibility index (Phi) is 4.28. The van der Waals surface area contributed by atoms with E-state index in [9.17, 15) is 0 Å². The molecule has 0 radical (unpaired) electrons. The van der Waals surface area contributed by atoms with E-state index >= 15 is 0 Å². The minimum Gasteiger partial charge on any atom is -1.00 e. The quantitative estimate of drug-likeness (QED) is 0.644. The van der Waals surface area contributed by atoms with E-state index < -0.39 is 0 Å². The standard InChI is InChI=1S/C10H11N3O2.ClH/c1-14-8-5-3-2-4-7(8)10-12-9(6-11)15-13-10;/h2-5H,6,11H2,1H3;1H. The number of aromatic nitrogens is 2. The van der Waals surface area contributed by atoms with Crippen LogP contribution < -0.4 is 22.9 Å². The molecule has 86 valence electrons. The number of quaternary nitrogens is 1. The molecule has 16 heavy (non-hydrogen) atoms. The second kappa shape index (κ2) is 5.48. The van der Waals surface area contributed by atoms with Gasteiger partial charge in [0.05, 0.1) is 12.7 Å². The molecule has 0 aliphatic rings. The first-order chi connectivity index (χ1) is 7.35. The lowest BCUT2D eigenvalue weighted by Gasteiger charge is -2.02. The first-order valence-corrected chi connectivity index (χ1v) is 4.60. The van der Waals surface area contributed by atoms with Crippen LogP contribution in [0.3, 0.4) is 0 Å². The summed E-state index contributed by atoms with van der Waals surface area (Å²) in [6.45, 7) is 0.488. The Bertz CT molecular complexity index is 459. The van der Waals surface area contributed by atoms with Gasteiger partial charge in [-0.15, -0.1) is 0 Å². The SMILES string of the molecule is COc1ccccc1-c1noc(C[NH3+])n1.[Cl-]. The number of nitrogens with zero attached hydrogens (tertiary/aromatic N) is 2. The molecule has 1 aromatic heterocycles. The normalized spacial score (nSPS) is 9.62. The Morgan fingerprint density at radius 2 is 2.12 bits per heavy atom. The van der Waals surface area contributed by atoms with Crippen molar-refractivity contribution in [2.45, 2.75) is 6.54 Å². The van der Waals surface area contributed by atoms with E-state index in [1.54, 1.807) is 7.11 Å². The van der Waals surface area contributed by atoms with E-state index in [1.165, 1.54) is 0 Å². The van der Waals surface area contributed by atoms with Crippen LogP contribution in [0.15, 0.2) is 28.8 Å². The number of methoxy groups -OCH3 is 1. The van der Waals surface area contributed by atoms with Crippen molar-refractivity contribution >= 4 is 0 Å². The zero-order chi connectivity index (χ0) is 10.7. The van der Waals surface area contributed by atoms with Gasteiger partial charge in [-0.1, -0.05) is 17.3 Å². The van der Waals surface area contributed by atoms with Crippen molar-refractivity contribution in [3.63, 3.8) is 0 Å². The number of para-hydroxylation sites is 1. The minimum absolute atomic E-state index is 0. The fourth-order valence-electron chi connectivity index (χ4n) is 1.30. The van der Waals surface area contributed by atoms with Crippen molar-refractivity contribution in [3.05, 3.63) is 30.2 Å². The smallest absolute Gasteiger partial charge is 0.281 e. The molecule has 1 heterocycles. The molecule has 0 bridgehead atoms. The molecule has 3 N–H and O–H groups in total. The number of halogens is 1. The van der Waals surface area contributed by atoms with Gasteiger partial charge in [0.25, 0.3) is 5.89 Å². The molecule has 0 spiro atoms. The first-order valence-electron chi connectivity index (χ1n) is 4.60. The summed E-state index contributed by atoms with van der Waals surface area (Å²) in [5.74, 6) is 1.79. The van der Waals surface area contributed by atoms with Crippen molar-refractivity contribution in [2.75, 3.05) is 7.11 Å². The van der Waals surface area contributed by atoms with Crippen LogP contribution in [0.2, 0.25) is 0 Å². The number of hydrogen-bond donors (Lipinski definition) is 1. The van der Waals surface area contributed by atoms with Crippen LogP contribution in [-0.4, -0.2) is 17.3 Å².